The molecule has 2 aromatic heterocycles. The number of nitrogens with one attached hydrogen (secondary N) is 3. The molecule has 2 amide bonds. The van der Waals surface area contributed by atoms with Gasteiger partial charge in [-0.25, -0.2) is 19.6 Å². The van der Waals surface area contributed by atoms with Crippen molar-refractivity contribution < 1.29 is 24.0 Å². The summed E-state index contributed by atoms with van der Waals surface area (Å²) < 4.78 is 4.80. The summed E-state index contributed by atoms with van der Waals surface area (Å²) >= 11 is 0. The molecule has 0 radical (unpaired) electrons. The third-order valence-corrected chi connectivity index (χ3v) is 12.0. The lowest BCUT2D eigenvalue weighted by atomic mass is 10.0. The van der Waals surface area contributed by atoms with Gasteiger partial charge in [-0.2, -0.15) is 0 Å². The van der Waals surface area contributed by atoms with Crippen LogP contribution in [0.1, 0.15) is 84.7 Å². The van der Waals surface area contributed by atoms with Gasteiger partial charge >= 0.3 is 12.1 Å². The summed E-state index contributed by atoms with van der Waals surface area (Å²) in [6.45, 7) is 3.84. The largest absolute Gasteiger partial charge is 0.453 e. The van der Waals surface area contributed by atoms with Crippen LogP contribution in [0.15, 0.2) is 78.9 Å². The molecule has 4 aromatic carbocycles. The number of hydrogen-bond acceptors (Lipinski definition) is 8. The number of carbonyl (C=O) groups excluding carboxylic acids is 3. The lowest BCUT2D eigenvalue weighted by Gasteiger charge is -2.31. The number of benzene rings is 4. The van der Waals surface area contributed by atoms with E-state index in [2.05, 4.69) is 45.3 Å². The first-order chi connectivity index (χ1) is 27.2. The minimum absolute atomic E-state index is 0.0998. The van der Waals surface area contributed by atoms with E-state index >= 15 is 0 Å². The number of fused-ring (bicyclic) bond motifs is 6. The maximum atomic E-state index is 13.8. The van der Waals surface area contributed by atoms with Gasteiger partial charge in [0.05, 0.1) is 46.8 Å². The Bertz CT molecular complexity index is 2620. The Hall–Kier alpha value is -6.19. The number of piperidine rings is 2. The first-order valence-corrected chi connectivity index (χ1v) is 19.4. The number of imidazole rings is 2. The predicted molar refractivity (Wildman–Crippen MR) is 209 cm³/mol. The number of H-pyrrole nitrogens is 2. The number of hydrogen-bond donors (Lipinski definition) is 3. The Morgan fingerprint density at radius 3 is 2.32 bits per heavy atom. The van der Waals surface area contributed by atoms with E-state index in [1.54, 1.807) is 12.1 Å². The number of alkyl carbamates (subject to hydrolysis) is 1. The predicted octanol–water partition coefficient (Wildman–Crippen LogP) is 6.94. The summed E-state index contributed by atoms with van der Waals surface area (Å²) in [5.74, 6) is 8.62. The van der Waals surface area contributed by atoms with Crippen molar-refractivity contribution in [2.45, 2.75) is 69.7 Å². The number of aromatic amines is 2. The molecule has 12 heteroatoms. The van der Waals surface area contributed by atoms with Gasteiger partial charge in [-0.05, 0) is 97.4 Å². The maximum Gasteiger partial charge on any atom is 0.407 e. The Balaban J connectivity index is 0.870. The Morgan fingerprint density at radius 1 is 0.804 bits per heavy atom. The van der Waals surface area contributed by atoms with E-state index in [9.17, 15) is 14.4 Å². The van der Waals surface area contributed by atoms with Gasteiger partial charge in [0.15, 0.2) is 0 Å². The zero-order chi connectivity index (χ0) is 38.2. The normalized spacial score (nSPS) is 24.1. The highest BCUT2D eigenvalue weighted by Crippen LogP contribution is 2.54. The van der Waals surface area contributed by atoms with Crippen molar-refractivity contribution >= 4 is 50.8 Å². The number of amides is 2. The summed E-state index contributed by atoms with van der Waals surface area (Å²) in [6.07, 6.45) is 3.12. The number of likely N-dealkylation sites (tertiary alicyclic amines) is 1. The van der Waals surface area contributed by atoms with Crippen LogP contribution >= 0.6 is 0 Å². The van der Waals surface area contributed by atoms with Crippen molar-refractivity contribution in [2.75, 3.05) is 7.11 Å². The average Bonchev–Trinajstić information content (AvgIpc) is 3.89. The zero-order valence-corrected chi connectivity index (χ0v) is 31.3. The van der Waals surface area contributed by atoms with E-state index in [0.29, 0.717) is 17.4 Å². The summed E-state index contributed by atoms with van der Waals surface area (Å²) in [5, 5.41) is 6.66. The van der Waals surface area contributed by atoms with Crippen LogP contribution < -0.4 is 5.32 Å². The van der Waals surface area contributed by atoms with E-state index in [1.807, 2.05) is 72.3 Å². The van der Waals surface area contributed by atoms with E-state index < -0.39 is 12.1 Å². The number of aromatic nitrogens is 4. The third-order valence-electron chi connectivity index (χ3n) is 12.0. The van der Waals surface area contributed by atoms with Crippen molar-refractivity contribution in [2.24, 2.45) is 17.8 Å². The first-order valence-electron chi connectivity index (χ1n) is 19.4. The van der Waals surface area contributed by atoms with Crippen molar-refractivity contribution in [3.63, 3.8) is 0 Å². The van der Waals surface area contributed by atoms with Crippen molar-refractivity contribution in [3.8, 4) is 11.8 Å². The first kappa shape index (κ1) is 34.3. The number of methoxy groups -OCH3 is 1. The average molecular weight is 748 g/mol. The Kier molecular flexibility index (Phi) is 8.11. The van der Waals surface area contributed by atoms with Gasteiger partial charge in [-0.3, -0.25) is 4.79 Å². The molecule has 0 spiro atoms. The van der Waals surface area contributed by atoms with Gasteiger partial charge in [-0.1, -0.05) is 56.0 Å². The molecular weight excluding hydrogens is 707 g/mol. The van der Waals surface area contributed by atoms with E-state index in [4.69, 9.17) is 19.5 Å². The number of rotatable bonds is 7. The molecule has 2 aliphatic carbocycles. The summed E-state index contributed by atoms with van der Waals surface area (Å²) in [5.41, 5.74) is 5.75. The Labute approximate surface area is 322 Å². The molecule has 4 heterocycles. The van der Waals surface area contributed by atoms with Crippen LogP contribution in [-0.4, -0.2) is 73.1 Å². The maximum absolute atomic E-state index is 13.8. The number of carbonyl (C=O) groups is 3. The minimum Gasteiger partial charge on any atom is -0.453 e. The molecule has 0 unspecified atom stereocenters. The molecule has 7 atom stereocenters. The fraction of sp³-hybridized carbons (Fsp3) is 0.341. The monoisotopic (exact) mass is 747 g/mol. The quantitative estimate of drug-likeness (QED) is 0.149. The van der Waals surface area contributed by atoms with Crippen molar-refractivity contribution in [1.82, 2.24) is 35.2 Å². The fourth-order valence-electron chi connectivity index (χ4n) is 8.85. The second-order valence-electron chi connectivity index (χ2n) is 16.0. The highest BCUT2D eigenvalue weighted by Gasteiger charge is 2.57. The Morgan fingerprint density at radius 2 is 1.52 bits per heavy atom. The molecule has 4 aliphatic rings. The van der Waals surface area contributed by atoms with Crippen LogP contribution in [0.4, 0.5) is 4.79 Å². The lowest BCUT2D eigenvalue weighted by molar-refractivity contribution is -0.137. The summed E-state index contributed by atoms with van der Waals surface area (Å²) in [6, 6.07) is 24.7. The van der Waals surface area contributed by atoms with Crippen LogP contribution in [0.5, 0.6) is 0 Å². The molecule has 0 bridgehead atoms. The molecule has 10 rings (SSSR count). The molecule has 4 fully saturated rings. The van der Waals surface area contributed by atoms with Crippen molar-refractivity contribution in [3.05, 3.63) is 107 Å². The fourth-order valence-corrected chi connectivity index (χ4v) is 8.85. The van der Waals surface area contributed by atoms with Crippen LogP contribution in [-0.2, 0) is 14.4 Å². The van der Waals surface area contributed by atoms with E-state index in [0.717, 1.165) is 81.3 Å². The summed E-state index contributed by atoms with van der Waals surface area (Å²) in [7, 11) is 1.30. The molecule has 2 aliphatic heterocycles. The molecular formula is C44H41N7O5. The molecule has 12 nitrogen and oxygen atoms in total. The highest BCUT2D eigenvalue weighted by atomic mass is 16.7. The van der Waals surface area contributed by atoms with Gasteiger partial charge in [0.25, 0.3) is 0 Å². The molecule has 2 saturated carbocycles. The van der Waals surface area contributed by atoms with Crippen LogP contribution in [0.2, 0.25) is 0 Å². The molecule has 3 N–H and O–H groups in total. The van der Waals surface area contributed by atoms with Crippen LogP contribution in [0, 0.1) is 29.6 Å². The number of ether oxygens (including phenoxy) is 1. The highest BCUT2D eigenvalue weighted by molar-refractivity contribution is 6.04. The minimum atomic E-state index is -0.680. The second-order valence-corrected chi connectivity index (χ2v) is 16.0. The van der Waals surface area contributed by atoms with Crippen LogP contribution in [0.25, 0.3) is 32.8 Å². The van der Waals surface area contributed by atoms with Crippen molar-refractivity contribution in [1.29, 1.82) is 0 Å². The van der Waals surface area contributed by atoms with Gasteiger partial charge in [0.1, 0.15) is 23.7 Å². The molecule has 6 aromatic rings. The lowest BCUT2D eigenvalue weighted by Crippen LogP contribution is -2.52. The number of hydroxylamine groups is 2. The zero-order valence-electron chi connectivity index (χ0n) is 31.3. The van der Waals surface area contributed by atoms with E-state index in [-0.39, 0.29) is 42.0 Å². The molecule has 282 valence electrons. The summed E-state index contributed by atoms with van der Waals surface area (Å²) in [4.78, 5) is 63.7. The molecule has 2 saturated heterocycles. The number of nitrogens with zero attached hydrogens (tertiary/aromatic N) is 4. The smallest absolute Gasteiger partial charge is 0.407 e. The standard InChI is InChI=1S/C44H41N7O5/c1-23(2)38(49-44(54)55-3)42(52)50-34-19-28(34)21-36(50)40-45-31-15-12-25(18-33(31)47-40)10-9-24-11-14-30-27(17-24)13-16-32-39(30)48-41(46-32)37-22-29-20-35(29)51(37)56-43(53)26-7-5-4-6-8-26/h4-8,11-18,23,28-29,34-38H,19-22H2,1-3H3,(H,45,47)(H,46,48)(H,49,54)/t28-,29-,34-,35-,36+,37+,38+/m1/s1. The third kappa shape index (κ3) is 6.03. The second kappa shape index (κ2) is 13.2. The van der Waals surface area contributed by atoms with Gasteiger partial charge in [0.2, 0.25) is 5.91 Å². The van der Waals surface area contributed by atoms with Gasteiger partial charge < -0.3 is 29.8 Å². The van der Waals surface area contributed by atoms with Gasteiger partial charge in [-0.15, -0.1) is 5.06 Å². The SMILES string of the molecule is COC(=O)N[C@H](C(=O)N1[C@@H]2C[C@@H]2C[C@H]1c1nc2ccc(C#Cc3ccc4c(ccc5[nH]c([C@@H]6C[C@H]7C[C@H]7N6OC(=O)c6ccccc6)nc54)c3)cc2[nH]1)C(C)C. The topological polar surface area (TPSA) is 146 Å². The van der Waals surface area contributed by atoms with Crippen LogP contribution in [0.3, 0.4) is 0 Å². The van der Waals surface area contributed by atoms with Gasteiger partial charge in [0, 0.05) is 22.6 Å². The molecule has 56 heavy (non-hydrogen) atoms. The van der Waals surface area contributed by atoms with E-state index in [1.165, 1.54) is 7.11 Å².